The summed E-state index contributed by atoms with van der Waals surface area (Å²) in [5.41, 5.74) is 0. The molecule has 0 atom stereocenters. The second kappa shape index (κ2) is 5.37. The molecule has 0 unspecified atom stereocenters. The molecule has 16 heavy (non-hydrogen) atoms. The first kappa shape index (κ1) is 11.5. The van der Waals surface area contributed by atoms with Crippen LogP contribution in [-0.2, 0) is 7.05 Å². The first-order valence-electron chi connectivity index (χ1n) is 6.53. The van der Waals surface area contributed by atoms with Crippen LogP contribution in [0.25, 0.3) is 0 Å². The molecule has 0 bridgehead atoms. The van der Waals surface area contributed by atoms with Crippen LogP contribution >= 0.6 is 0 Å². The van der Waals surface area contributed by atoms with Gasteiger partial charge in [-0.05, 0) is 31.6 Å². The molecule has 1 N–H and O–H groups in total. The van der Waals surface area contributed by atoms with Crippen molar-refractivity contribution in [3.63, 3.8) is 0 Å². The van der Waals surface area contributed by atoms with E-state index in [1.165, 1.54) is 38.5 Å². The third-order valence-corrected chi connectivity index (χ3v) is 3.70. The van der Waals surface area contributed by atoms with E-state index in [1.807, 2.05) is 19.4 Å². The summed E-state index contributed by atoms with van der Waals surface area (Å²) in [4.78, 5) is 4.32. The molecule has 2 rings (SSSR count). The zero-order valence-corrected chi connectivity index (χ0v) is 10.4. The summed E-state index contributed by atoms with van der Waals surface area (Å²) in [5.74, 6) is 1.99. The molecule has 0 saturated heterocycles. The van der Waals surface area contributed by atoms with Gasteiger partial charge in [-0.25, -0.2) is 4.98 Å². The third-order valence-electron chi connectivity index (χ3n) is 3.70. The van der Waals surface area contributed by atoms with Crippen LogP contribution in [0.4, 0.5) is 5.95 Å². The first-order valence-corrected chi connectivity index (χ1v) is 6.53. The van der Waals surface area contributed by atoms with Gasteiger partial charge in [-0.3, -0.25) is 0 Å². The fourth-order valence-corrected chi connectivity index (χ4v) is 2.69. The van der Waals surface area contributed by atoms with Crippen LogP contribution in [0.5, 0.6) is 0 Å². The molecule has 1 aliphatic carbocycles. The molecule has 1 saturated carbocycles. The predicted molar refractivity (Wildman–Crippen MR) is 67.5 cm³/mol. The SMILES string of the molecule is CCCC1CCC(Nc2nccn2C)CC1. The average molecular weight is 221 g/mol. The molecular weight excluding hydrogens is 198 g/mol. The van der Waals surface area contributed by atoms with Crippen LogP contribution in [0, 0.1) is 5.92 Å². The second-order valence-electron chi connectivity index (χ2n) is 5.01. The van der Waals surface area contributed by atoms with Crippen LogP contribution in [0.3, 0.4) is 0 Å². The lowest BCUT2D eigenvalue weighted by Crippen LogP contribution is -2.27. The monoisotopic (exact) mass is 221 g/mol. The van der Waals surface area contributed by atoms with Crippen molar-refractivity contribution in [2.75, 3.05) is 5.32 Å². The van der Waals surface area contributed by atoms with Crippen LogP contribution in [0.15, 0.2) is 12.4 Å². The Bertz CT molecular complexity index is 311. The van der Waals surface area contributed by atoms with Crippen molar-refractivity contribution in [3.05, 3.63) is 12.4 Å². The van der Waals surface area contributed by atoms with E-state index < -0.39 is 0 Å². The number of nitrogens with one attached hydrogen (secondary N) is 1. The van der Waals surface area contributed by atoms with Gasteiger partial charge in [0.05, 0.1) is 0 Å². The van der Waals surface area contributed by atoms with E-state index in [0.717, 1.165) is 11.9 Å². The summed E-state index contributed by atoms with van der Waals surface area (Å²) in [5, 5.41) is 3.54. The lowest BCUT2D eigenvalue weighted by atomic mass is 9.83. The van der Waals surface area contributed by atoms with Gasteiger partial charge in [0.15, 0.2) is 0 Å². The Morgan fingerprint density at radius 2 is 2.12 bits per heavy atom. The maximum atomic E-state index is 4.32. The van der Waals surface area contributed by atoms with Crippen LogP contribution in [-0.4, -0.2) is 15.6 Å². The molecule has 0 aliphatic heterocycles. The molecule has 90 valence electrons. The highest BCUT2D eigenvalue weighted by Gasteiger charge is 2.20. The topological polar surface area (TPSA) is 29.9 Å². The Morgan fingerprint density at radius 3 is 2.69 bits per heavy atom. The fraction of sp³-hybridized carbons (Fsp3) is 0.769. The number of imidazole rings is 1. The number of nitrogens with zero attached hydrogens (tertiary/aromatic N) is 2. The van der Waals surface area contributed by atoms with Gasteiger partial charge in [-0.2, -0.15) is 0 Å². The van der Waals surface area contributed by atoms with Crippen molar-refractivity contribution >= 4 is 5.95 Å². The van der Waals surface area contributed by atoms with Crippen molar-refractivity contribution in [3.8, 4) is 0 Å². The van der Waals surface area contributed by atoms with E-state index in [1.54, 1.807) is 0 Å². The number of hydrogen-bond acceptors (Lipinski definition) is 2. The highest BCUT2D eigenvalue weighted by molar-refractivity contribution is 5.27. The van der Waals surface area contributed by atoms with E-state index in [0.29, 0.717) is 6.04 Å². The van der Waals surface area contributed by atoms with Gasteiger partial charge in [-0.1, -0.05) is 19.8 Å². The van der Waals surface area contributed by atoms with Gasteiger partial charge in [-0.15, -0.1) is 0 Å². The third kappa shape index (κ3) is 2.77. The first-order chi connectivity index (χ1) is 7.79. The second-order valence-corrected chi connectivity index (χ2v) is 5.01. The Morgan fingerprint density at radius 1 is 1.38 bits per heavy atom. The molecule has 3 nitrogen and oxygen atoms in total. The molecule has 1 aromatic rings. The van der Waals surface area contributed by atoms with E-state index in [9.17, 15) is 0 Å². The molecule has 3 heteroatoms. The zero-order valence-electron chi connectivity index (χ0n) is 10.4. The predicted octanol–water partition coefficient (Wildman–Crippen LogP) is 3.19. The van der Waals surface area contributed by atoms with E-state index >= 15 is 0 Å². The van der Waals surface area contributed by atoms with Gasteiger partial charge < -0.3 is 9.88 Å². The smallest absolute Gasteiger partial charge is 0.202 e. The standard InChI is InChI=1S/C13H23N3/c1-3-4-11-5-7-12(8-6-11)15-13-14-9-10-16(13)2/h9-12H,3-8H2,1-2H3,(H,14,15). The van der Waals surface area contributed by atoms with Gasteiger partial charge >= 0.3 is 0 Å². The highest BCUT2D eigenvalue weighted by atomic mass is 15.2. The highest BCUT2D eigenvalue weighted by Crippen LogP contribution is 2.29. The largest absolute Gasteiger partial charge is 0.353 e. The lowest BCUT2D eigenvalue weighted by molar-refractivity contribution is 0.318. The maximum Gasteiger partial charge on any atom is 0.202 e. The van der Waals surface area contributed by atoms with Gasteiger partial charge in [0, 0.05) is 25.5 Å². The minimum atomic E-state index is 0.634. The molecule has 0 radical (unpaired) electrons. The number of aryl methyl sites for hydroxylation is 1. The molecule has 1 aliphatic rings. The number of anilines is 1. The number of hydrogen-bond donors (Lipinski definition) is 1. The van der Waals surface area contributed by atoms with Gasteiger partial charge in [0.25, 0.3) is 0 Å². The Hall–Kier alpha value is -0.990. The van der Waals surface area contributed by atoms with Crippen LogP contribution in [0.2, 0.25) is 0 Å². The molecule has 1 aromatic heterocycles. The lowest BCUT2D eigenvalue weighted by Gasteiger charge is -2.29. The maximum absolute atomic E-state index is 4.32. The van der Waals surface area contributed by atoms with E-state index in [2.05, 4.69) is 21.8 Å². The molecule has 1 fully saturated rings. The Kier molecular flexibility index (Phi) is 3.86. The summed E-state index contributed by atoms with van der Waals surface area (Å²) in [6.45, 7) is 2.29. The fourth-order valence-electron chi connectivity index (χ4n) is 2.69. The molecule has 1 heterocycles. The van der Waals surface area contributed by atoms with Crippen molar-refractivity contribution in [1.29, 1.82) is 0 Å². The molecule has 0 spiro atoms. The van der Waals surface area contributed by atoms with E-state index in [-0.39, 0.29) is 0 Å². The zero-order chi connectivity index (χ0) is 11.4. The molecule has 0 amide bonds. The summed E-state index contributed by atoms with van der Waals surface area (Å²) in [6.07, 6.45) is 12.0. The Balaban J connectivity index is 1.79. The minimum Gasteiger partial charge on any atom is -0.353 e. The molecular formula is C13H23N3. The quantitative estimate of drug-likeness (QED) is 0.846. The number of aromatic nitrogens is 2. The molecule has 0 aromatic carbocycles. The summed E-state index contributed by atoms with van der Waals surface area (Å²) in [6, 6.07) is 0.634. The normalized spacial score (nSPS) is 25.6. The minimum absolute atomic E-state index is 0.634. The van der Waals surface area contributed by atoms with Gasteiger partial charge in [0.1, 0.15) is 0 Å². The van der Waals surface area contributed by atoms with Crippen molar-refractivity contribution < 1.29 is 0 Å². The van der Waals surface area contributed by atoms with Crippen LogP contribution in [0.1, 0.15) is 45.4 Å². The summed E-state index contributed by atoms with van der Waals surface area (Å²) >= 11 is 0. The van der Waals surface area contributed by atoms with Crippen molar-refractivity contribution in [2.24, 2.45) is 13.0 Å². The van der Waals surface area contributed by atoms with Gasteiger partial charge in [0.2, 0.25) is 5.95 Å². The number of rotatable bonds is 4. The van der Waals surface area contributed by atoms with Crippen molar-refractivity contribution in [1.82, 2.24) is 9.55 Å². The van der Waals surface area contributed by atoms with Crippen LogP contribution < -0.4 is 5.32 Å². The van der Waals surface area contributed by atoms with Crippen molar-refractivity contribution in [2.45, 2.75) is 51.5 Å². The van der Waals surface area contributed by atoms with E-state index in [4.69, 9.17) is 0 Å². The average Bonchev–Trinajstić information content (AvgIpc) is 2.68. The summed E-state index contributed by atoms with van der Waals surface area (Å²) < 4.78 is 2.05. The Labute approximate surface area is 98.3 Å². The summed E-state index contributed by atoms with van der Waals surface area (Å²) in [7, 11) is 2.04.